The smallest absolute Gasteiger partial charge is 0.252 e. The molecule has 0 fully saturated rings. The first-order valence-electron chi connectivity index (χ1n) is 11.9. The summed E-state index contributed by atoms with van der Waals surface area (Å²) in [6.07, 6.45) is 0. The van der Waals surface area contributed by atoms with Crippen molar-refractivity contribution in [2.24, 2.45) is 0 Å². The van der Waals surface area contributed by atoms with Gasteiger partial charge in [0.25, 0.3) is 5.56 Å². The minimum atomic E-state index is -4.03. The lowest BCUT2D eigenvalue weighted by atomic mass is 10.1. The van der Waals surface area contributed by atoms with E-state index in [0.29, 0.717) is 52.3 Å². The molecule has 0 unspecified atom stereocenters. The molecule has 7 nitrogen and oxygen atoms in total. The molecule has 0 spiro atoms. The normalized spacial score (nSPS) is 13.3. The average molecular weight is 523 g/mol. The summed E-state index contributed by atoms with van der Waals surface area (Å²) in [5.74, 6) is 0.704. The van der Waals surface area contributed by atoms with Gasteiger partial charge < -0.3 is 14.5 Å². The summed E-state index contributed by atoms with van der Waals surface area (Å²) >= 11 is 0. The van der Waals surface area contributed by atoms with Crippen molar-refractivity contribution in [3.63, 3.8) is 0 Å². The molecule has 9 heteroatoms. The summed E-state index contributed by atoms with van der Waals surface area (Å²) < 4.78 is 54.1. The number of rotatable bonds is 6. The van der Waals surface area contributed by atoms with E-state index in [1.807, 2.05) is 19.1 Å². The van der Waals surface area contributed by atoms with E-state index in [1.165, 1.54) is 16.4 Å². The number of aromatic nitrogens is 1. The number of fused-ring (bicyclic) bond motifs is 2. The minimum absolute atomic E-state index is 0.0337. The summed E-state index contributed by atoms with van der Waals surface area (Å²) in [5.41, 5.74) is 3.24. The zero-order chi connectivity index (χ0) is 26.3. The summed E-state index contributed by atoms with van der Waals surface area (Å²) in [5, 5.41) is 0.695. The van der Waals surface area contributed by atoms with Gasteiger partial charge in [-0.25, -0.2) is 12.8 Å². The Labute approximate surface area is 214 Å². The van der Waals surface area contributed by atoms with Crippen molar-refractivity contribution in [1.29, 1.82) is 0 Å². The molecule has 0 aliphatic carbocycles. The molecule has 4 aromatic rings. The van der Waals surface area contributed by atoms with Crippen LogP contribution in [0.4, 0.5) is 4.39 Å². The number of aromatic amines is 1. The van der Waals surface area contributed by atoms with Crippen LogP contribution < -0.4 is 15.0 Å². The first-order chi connectivity index (χ1) is 17.6. The Morgan fingerprint density at radius 2 is 1.51 bits per heavy atom. The molecule has 1 aliphatic heterocycles. The first-order valence-corrected chi connectivity index (χ1v) is 13.3. The number of hydrogen-bond donors (Lipinski definition) is 1. The third kappa shape index (κ3) is 4.97. The zero-order valence-corrected chi connectivity index (χ0v) is 21.6. The van der Waals surface area contributed by atoms with E-state index in [4.69, 9.17) is 9.47 Å². The first kappa shape index (κ1) is 25.0. The van der Waals surface area contributed by atoms with E-state index in [0.717, 1.165) is 5.56 Å². The van der Waals surface area contributed by atoms with Crippen molar-refractivity contribution in [3.8, 4) is 11.5 Å². The van der Waals surface area contributed by atoms with Crippen molar-refractivity contribution < 1.29 is 22.3 Å². The highest BCUT2D eigenvalue weighted by molar-refractivity contribution is 7.89. The van der Waals surface area contributed by atoms with Gasteiger partial charge in [0.1, 0.15) is 19.0 Å². The van der Waals surface area contributed by atoms with E-state index in [9.17, 15) is 17.6 Å². The largest absolute Gasteiger partial charge is 0.486 e. The SMILES string of the molecule is Cc1cc(C)c(S(=O)(=O)N(Cc2ccc(F)cc2)Cc2cc3cc4c(cc3[nH]c2=O)OCCO4)c(C)c1. The molecule has 0 saturated carbocycles. The fraction of sp³-hybridized carbons (Fsp3) is 0.250. The lowest BCUT2D eigenvalue weighted by Crippen LogP contribution is -2.33. The second kappa shape index (κ2) is 9.64. The van der Waals surface area contributed by atoms with Gasteiger partial charge in [0.2, 0.25) is 10.0 Å². The molecular weight excluding hydrogens is 495 g/mol. The molecule has 1 N–H and O–H groups in total. The quantitative estimate of drug-likeness (QED) is 0.395. The Morgan fingerprint density at radius 3 is 2.16 bits per heavy atom. The van der Waals surface area contributed by atoms with Crippen LogP contribution in [0.5, 0.6) is 11.5 Å². The highest BCUT2D eigenvalue weighted by atomic mass is 32.2. The highest BCUT2D eigenvalue weighted by Crippen LogP contribution is 2.34. The molecule has 37 heavy (non-hydrogen) atoms. The van der Waals surface area contributed by atoms with Crippen LogP contribution in [-0.4, -0.2) is 30.9 Å². The van der Waals surface area contributed by atoms with E-state index >= 15 is 0 Å². The molecule has 1 aliphatic rings. The number of nitrogens with one attached hydrogen (secondary N) is 1. The number of nitrogens with zero attached hydrogens (tertiary/aromatic N) is 1. The summed E-state index contributed by atoms with van der Waals surface area (Å²) in [6, 6.07) is 14.5. The van der Waals surface area contributed by atoms with Crippen LogP contribution in [0, 0.1) is 26.6 Å². The topological polar surface area (TPSA) is 88.7 Å². The van der Waals surface area contributed by atoms with Gasteiger partial charge in [0.05, 0.1) is 10.4 Å². The van der Waals surface area contributed by atoms with Crippen LogP contribution in [0.3, 0.4) is 0 Å². The number of benzene rings is 3. The molecule has 0 saturated heterocycles. The van der Waals surface area contributed by atoms with Crippen molar-refractivity contribution in [1.82, 2.24) is 9.29 Å². The van der Waals surface area contributed by atoms with Crippen LogP contribution in [0.15, 0.2) is 64.3 Å². The van der Waals surface area contributed by atoms with Gasteiger partial charge in [-0.2, -0.15) is 4.31 Å². The summed E-state index contributed by atoms with van der Waals surface area (Å²) in [6.45, 7) is 6.07. The second-order valence-electron chi connectivity index (χ2n) is 9.33. The lowest BCUT2D eigenvalue weighted by Gasteiger charge is -2.25. The van der Waals surface area contributed by atoms with E-state index in [1.54, 1.807) is 44.2 Å². The number of ether oxygens (including phenoxy) is 2. The molecule has 5 rings (SSSR count). The fourth-order valence-corrected chi connectivity index (χ4v) is 6.64. The number of hydrogen-bond acceptors (Lipinski definition) is 5. The van der Waals surface area contributed by atoms with Crippen molar-refractivity contribution in [2.75, 3.05) is 13.2 Å². The molecule has 192 valence electrons. The van der Waals surface area contributed by atoms with Crippen molar-refractivity contribution in [2.45, 2.75) is 38.8 Å². The van der Waals surface area contributed by atoms with Gasteiger partial charge in [0.15, 0.2) is 11.5 Å². The Kier molecular flexibility index (Phi) is 6.51. The maximum absolute atomic E-state index is 14.0. The maximum atomic E-state index is 14.0. The maximum Gasteiger partial charge on any atom is 0.252 e. The van der Waals surface area contributed by atoms with E-state index in [-0.39, 0.29) is 23.5 Å². The zero-order valence-electron chi connectivity index (χ0n) is 20.8. The molecule has 1 aromatic heterocycles. The third-order valence-electron chi connectivity index (χ3n) is 6.41. The van der Waals surface area contributed by atoms with Gasteiger partial charge in [-0.3, -0.25) is 4.79 Å². The lowest BCUT2D eigenvalue weighted by molar-refractivity contribution is 0.172. The predicted octanol–water partition coefficient (Wildman–Crippen LogP) is 4.75. The minimum Gasteiger partial charge on any atom is -0.486 e. The monoisotopic (exact) mass is 522 g/mol. The highest BCUT2D eigenvalue weighted by Gasteiger charge is 2.29. The molecular formula is C28H27FN2O5S. The average Bonchev–Trinajstić information content (AvgIpc) is 2.83. The van der Waals surface area contributed by atoms with Crippen LogP contribution in [0.25, 0.3) is 10.9 Å². The van der Waals surface area contributed by atoms with Gasteiger partial charge in [0, 0.05) is 30.1 Å². The Morgan fingerprint density at radius 1 is 0.892 bits per heavy atom. The van der Waals surface area contributed by atoms with Crippen LogP contribution in [0.2, 0.25) is 0 Å². The van der Waals surface area contributed by atoms with Gasteiger partial charge in [-0.15, -0.1) is 0 Å². The fourth-order valence-electron chi connectivity index (χ4n) is 4.82. The van der Waals surface area contributed by atoms with Gasteiger partial charge >= 0.3 is 0 Å². The van der Waals surface area contributed by atoms with Crippen molar-refractivity contribution in [3.05, 3.63) is 98.6 Å². The number of H-pyrrole nitrogens is 1. The molecule has 0 radical (unpaired) electrons. The number of pyridine rings is 1. The summed E-state index contributed by atoms with van der Waals surface area (Å²) in [7, 11) is -4.03. The molecule has 0 amide bonds. The van der Waals surface area contributed by atoms with Crippen LogP contribution in [-0.2, 0) is 23.1 Å². The van der Waals surface area contributed by atoms with Crippen molar-refractivity contribution >= 4 is 20.9 Å². The number of halogens is 1. The Bertz CT molecular complexity index is 1640. The third-order valence-corrected chi connectivity index (χ3v) is 8.50. The summed E-state index contributed by atoms with van der Waals surface area (Å²) in [4.78, 5) is 16.1. The second-order valence-corrected chi connectivity index (χ2v) is 11.2. The predicted molar refractivity (Wildman–Crippen MR) is 139 cm³/mol. The Hall–Kier alpha value is -3.69. The standard InChI is InChI=1S/C28H27FN2O5S/c1-17-10-18(2)27(19(3)11-17)37(33,34)31(15-20-4-6-23(29)7-5-20)16-22-12-21-13-25-26(36-9-8-35-25)14-24(21)30-28(22)32/h4-7,10-14H,8-9,15-16H2,1-3H3,(H,30,32). The van der Waals surface area contributed by atoms with Crippen LogP contribution in [0.1, 0.15) is 27.8 Å². The molecule has 3 aromatic carbocycles. The van der Waals surface area contributed by atoms with Crippen LogP contribution >= 0.6 is 0 Å². The molecule has 0 atom stereocenters. The van der Waals surface area contributed by atoms with Gasteiger partial charge in [-0.1, -0.05) is 29.8 Å². The van der Waals surface area contributed by atoms with E-state index < -0.39 is 21.4 Å². The number of aryl methyl sites for hydroxylation is 3. The van der Waals surface area contributed by atoms with E-state index in [2.05, 4.69) is 4.98 Å². The van der Waals surface area contributed by atoms with Gasteiger partial charge in [-0.05, 0) is 61.7 Å². The Balaban J connectivity index is 1.60. The molecule has 2 heterocycles. The number of sulfonamides is 1. The molecule has 0 bridgehead atoms.